The molecule has 11 nitrogen and oxygen atoms in total. The highest BCUT2D eigenvalue weighted by Gasteiger charge is 2.21. The van der Waals surface area contributed by atoms with Crippen LogP contribution < -0.4 is 19.5 Å². The Morgan fingerprint density at radius 3 is 2.50 bits per heavy atom. The van der Waals surface area contributed by atoms with Gasteiger partial charge in [-0.05, 0) is 35.9 Å². The molecule has 0 atom stereocenters. The van der Waals surface area contributed by atoms with Crippen molar-refractivity contribution in [3.63, 3.8) is 0 Å². The second-order valence-electron chi connectivity index (χ2n) is 5.96. The zero-order valence-corrected chi connectivity index (χ0v) is 17.6. The van der Waals surface area contributed by atoms with Crippen LogP contribution in [0.3, 0.4) is 0 Å². The first-order valence-electron chi connectivity index (χ1n) is 8.35. The molecule has 2 aromatic carbocycles. The van der Waals surface area contributed by atoms with E-state index < -0.39 is 15.9 Å². The van der Waals surface area contributed by atoms with Crippen LogP contribution in [0.1, 0.15) is 15.9 Å². The molecule has 30 heavy (non-hydrogen) atoms. The maximum atomic E-state index is 12.9. The molecule has 3 N–H and O–H groups in total. The summed E-state index contributed by atoms with van der Waals surface area (Å²) < 4.78 is 38.6. The Labute approximate surface area is 176 Å². The van der Waals surface area contributed by atoms with E-state index in [4.69, 9.17) is 21.1 Å². The molecule has 3 rings (SSSR count). The van der Waals surface area contributed by atoms with E-state index in [1.54, 1.807) is 6.92 Å². The molecule has 0 aliphatic carbocycles. The van der Waals surface area contributed by atoms with E-state index >= 15 is 0 Å². The molecule has 1 heterocycles. The van der Waals surface area contributed by atoms with Crippen molar-refractivity contribution in [2.24, 2.45) is 0 Å². The summed E-state index contributed by atoms with van der Waals surface area (Å²) in [6.07, 6.45) is 0. The predicted octanol–water partition coefficient (Wildman–Crippen LogP) is 2.23. The van der Waals surface area contributed by atoms with Crippen molar-refractivity contribution in [2.75, 3.05) is 24.3 Å². The number of aryl methyl sites for hydroxylation is 1. The molecule has 0 fully saturated rings. The molecule has 0 aliphatic rings. The van der Waals surface area contributed by atoms with Gasteiger partial charge in [0.15, 0.2) is 0 Å². The minimum Gasteiger partial charge on any atom is -0.495 e. The number of tetrazole rings is 1. The molecule has 0 saturated heterocycles. The maximum Gasteiger partial charge on any atom is 0.270 e. The number of benzene rings is 2. The fraction of sp³-hybridized carbons (Fsp3) is 0.176. The van der Waals surface area contributed by atoms with Crippen molar-refractivity contribution in [1.82, 2.24) is 20.6 Å². The Morgan fingerprint density at radius 1 is 1.13 bits per heavy atom. The molecule has 0 radical (unpaired) electrons. The summed E-state index contributed by atoms with van der Waals surface area (Å²) in [6.45, 7) is 1.67. The van der Waals surface area contributed by atoms with Crippen LogP contribution in [-0.4, -0.2) is 49.2 Å². The first kappa shape index (κ1) is 21.3. The monoisotopic (exact) mass is 452 g/mol. The summed E-state index contributed by atoms with van der Waals surface area (Å²) in [4.78, 5) is 12.3. The van der Waals surface area contributed by atoms with E-state index in [2.05, 4.69) is 30.7 Å². The van der Waals surface area contributed by atoms with Crippen LogP contribution in [0.2, 0.25) is 5.02 Å². The van der Waals surface area contributed by atoms with Gasteiger partial charge in [0, 0.05) is 11.6 Å². The number of amides is 1. The van der Waals surface area contributed by atoms with E-state index in [-0.39, 0.29) is 32.9 Å². The smallest absolute Gasteiger partial charge is 0.270 e. The molecule has 1 amide bonds. The lowest BCUT2D eigenvalue weighted by molar-refractivity contribution is 0.102. The van der Waals surface area contributed by atoms with Gasteiger partial charge in [-0.1, -0.05) is 22.8 Å². The van der Waals surface area contributed by atoms with Crippen LogP contribution in [0, 0.1) is 6.92 Å². The molecule has 0 aliphatic heterocycles. The number of sulfonamides is 1. The number of rotatable bonds is 7. The standard InChI is InChI=1S/C17H17ClN6O5S/c1-9-4-5-10(6-11(9)16(25)19-17-20-23-24-21-17)30(26,27)22-13-7-12(18)14(28-2)8-15(13)29-3/h4-8,22H,1-3H3,(H2,19,20,21,23,24,25). The molecule has 158 valence electrons. The highest BCUT2D eigenvalue weighted by molar-refractivity contribution is 7.92. The van der Waals surface area contributed by atoms with Crippen molar-refractivity contribution >= 4 is 39.2 Å². The first-order chi connectivity index (χ1) is 14.2. The van der Waals surface area contributed by atoms with Crippen molar-refractivity contribution in [2.45, 2.75) is 11.8 Å². The van der Waals surface area contributed by atoms with Crippen LogP contribution >= 0.6 is 11.6 Å². The number of aromatic nitrogens is 4. The van der Waals surface area contributed by atoms with Gasteiger partial charge in [0.2, 0.25) is 0 Å². The maximum absolute atomic E-state index is 12.9. The lowest BCUT2D eigenvalue weighted by Gasteiger charge is -2.15. The summed E-state index contributed by atoms with van der Waals surface area (Å²) in [5, 5.41) is 15.4. The van der Waals surface area contributed by atoms with Gasteiger partial charge >= 0.3 is 0 Å². The summed E-state index contributed by atoms with van der Waals surface area (Å²) in [6, 6.07) is 6.96. The zero-order chi connectivity index (χ0) is 21.9. The van der Waals surface area contributed by atoms with Crippen LogP contribution in [0.15, 0.2) is 35.2 Å². The Hall–Kier alpha value is -3.38. The summed E-state index contributed by atoms with van der Waals surface area (Å²) in [5.41, 5.74) is 0.795. The Balaban J connectivity index is 1.93. The number of nitrogens with zero attached hydrogens (tertiary/aromatic N) is 3. The number of aromatic amines is 1. The molecule has 0 saturated carbocycles. The number of H-pyrrole nitrogens is 1. The Morgan fingerprint density at radius 2 is 1.87 bits per heavy atom. The Bertz CT molecular complexity index is 1180. The first-order valence-corrected chi connectivity index (χ1v) is 10.2. The fourth-order valence-electron chi connectivity index (χ4n) is 2.54. The molecule has 0 bridgehead atoms. The van der Waals surface area contributed by atoms with Gasteiger partial charge < -0.3 is 9.47 Å². The van der Waals surface area contributed by atoms with E-state index in [1.807, 2.05) is 0 Å². The van der Waals surface area contributed by atoms with Gasteiger partial charge in [-0.3, -0.25) is 14.8 Å². The largest absolute Gasteiger partial charge is 0.495 e. The molecular weight excluding hydrogens is 436 g/mol. The molecule has 13 heteroatoms. The number of hydrogen-bond acceptors (Lipinski definition) is 8. The lowest BCUT2D eigenvalue weighted by atomic mass is 10.1. The number of methoxy groups -OCH3 is 2. The molecule has 3 aromatic rings. The highest BCUT2D eigenvalue weighted by atomic mass is 35.5. The number of carbonyl (C=O) groups is 1. The second kappa shape index (κ2) is 8.55. The normalized spacial score (nSPS) is 11.1. The van der Waals surface area contributed by atoms with E-state index in [0.717, 1.165) is 0 Å². The van der Waals surface area contributed by atoms with E-state index in [1.165, 1.54) is 44.6 Å². The quantitative estimate of drug-likeness (QED) is 0.494. The minimum absolute atomic E-state index is 0.0385. The third-order valence-corrected chi connectivity index (χ3v) is 5.71. The number of anilines is 2. The Kier molecular flexibility index (Phi) is 6.08. The second-order valence-corrected chi connectivity index (χ2v) is 8.05. The van der Waals surface area contributed by atoms with Gasteiger partial charge in [0.25, 0.3) is 21.9 Å². The summed E-state index contributed by atoms with van der Waals surface area (Å²) >= 11 is 6.10. The minimum atomic E-state index is -4.08. The third-order valence-electron chi connectivity index (χ3n) is 4.05. The summed E-state index contributed by atoms with van der Waals surface area (Å²) in [7, 11) is -1.27. The predicted molar refractivity (Wildman–Crippen MR) is 109 cm³/mol. The molecule has 0 unspecified atom stereocenters. The highest BCUT2D eigenvalue weighted by Crippen LogP contribution is 2.37. The third kappa shape index (κ3) is 4.44. The van der Waals surface area contributed by atoms with Crippen LogP contribution in [0.4, 0.5) is 11.6 Å². The lowest BCUT2D eigenvalue weighted by Crippen LogP contribution is -2.18. The fourth-order valence-corrected chi connectivity index (χ4v) is 3.87. The van der Waals surface area contributed by atoms with E-state index in [0.29, 0.717) is 11.3 Å². The SMILES string of the molecule is COc1cc(OC)c(NS(=O)(=O)c2ccc(C)c(C(=O)Nc3nn[nH]n3)c2)cc1Cl. The number of nitrogens with one attached hydrogen (secondary N) is 3. The van der Waals surface area contributed by atoms with Crippen molar-refractivity contribution in [3.8, 4) is 11.5 Å². The van der Waals surface area contributed by atoms with Crippen molar-refractivity contribution in [3.05, 3.63) is 46.5 Å². The van der Waals surface area contributed by atoms with Gasteiger partial charge in [-0.2, -0.15) is 5.21 Å². The van der Waals surface area contributed by atoms with Gasteiger partial charge in [-0.25, -0.2) is 8.42 Å². The number of halogens is 1. The van der Waals surface area contributed by atoms with E-state index in [9.17, 15) is 13.2 Å². The average molecular weight is 453 g/mol. The van der Waals surface area contributed by atoms with Crippen molar-refractivity contribution < 1.29 is 22.7 Å². The van der Waals surface area contributed by atoms with Crippen LogP contribution in [-0.2, 0) is 10.0 Å². The van der Waals surface area contributed by atoms with Gasteiger partial charge in [-0.15, -0.1) is 5.10 Å². The molecule has 0 spiro atoms. The van der Waals surface area contributed by atoms with Crippen LogP contribution in [0.5, 0.6) is 11.5 Å². The molecular formula is C17H17ClN6O5S. The van der Waals surface area contributed by atoms with Crippen LogP contribution in [0.25, 0.3) is 0 Å². The summed E-state index contributed by atoms with van der Waals surface area (Å²) in [5.74, 6) is -0.0892. The molecule has 1 aromatic heterocycles. The van der Waals surface area contributed by atoms with Gasteiger partial charge in [0.05, 0.1) is 29.8 Å². The zero-order valence-electron chi connectivity index (χ0n) is 16.1. The number of carbonyl (C=O) groups excluding carboxylic acids is 1. The average Bonchev–Trinajstić information content (AvgIpc) is 3.21. The van der Waals surface area contributed by atoms with Crippen molar-refractivity contribution in [1.29, 1.82) is 0 Å². The van der Waals surface area contributed by atoms with Gasteiger partial charge in [0.1, 0.15) is 11.5 Å². The number of ether oxygens (including phenoxy) is 2. The topological polar surface area (TPSA) is 148 Å². The number of hydrogen-bond donors (Lipinski definition) is 3.